The second kappa shape index (κ2) is 6.67. The van der Waals surface area contributed by atoms with Crippen molar-refractivity contribution < 1.29 is 9.18 Å². The Morgan fingerprint density at radius 2 is 2.14 bits per heavy atom. The molecule has 0 aliphatic heterocycles. The van der Waals surface area contributed by atoms with Crippen LogP contribution in [-0.2, 0) is 4.79 Å². The molecule has 21 heavy (non-hydrogen) atoms. The summed E-state index contributed by atoms with van der Waals surface area (Å²) >= 11 is 1.09. The summed E-state index contributed by atoms with van der Waals surface area (Å²) in [6.07, 6.45) is 1.31. The molecule has 106 valence electrons. The maximum Gasteiger partial charge on any atom is 0.234 e. The van der Waals surface area contributed by atoms with Crippen molar-refractivity contribution in [3.05, 3.63) is 41.8 Å². The summed E-state index contributed by atoms with van der Waals surface area (Å²) in [5, 5.41) is 11.6. The van der Waals surface area contributed by atoms with Crippen molar-refractivity contribution in [2.45, 2.75) is 5.16 Å². The number of benzene rings is 1. The van der Waals surface area contributed by atoms with Gasteiger partial charge >= 0.3 is 0 Å². The van der Waals surface area contributed by atoms with Crippen LogP contribution in [0.15, 0.2) is 35.6 Å². The van der Waals surface area contributed by atoms with Crippen molar-refractivity contribution >= 4 is 29.2 Å². The number of halogens is 1. The molecule has 0 aliphatic rings. The zero-order valence-electron chi connectivity index (χ0n) is 10.7. The van der Waals surface area contributed by atoms with Crippen LogP contribution in [0.3, 0.4) is 0 Å². The van der Waals surface area contributed by atoms with Gasteiger partial charge in [0, 0.05) is 5.69 Å². The van der Waals surface area contributed by atoms with Crippen molar-refractivity contribution in [1.29, 1.82) is 5.26 Å². The molecule has 0 radical (unpaired) electrons. The van der Waals surface area contributed by atoms with E-state index in [2.05, 4.69) is 15.3 Å². The number of rotatable bonds is 4. The van der Waals surface area contributed by atoms with E-state index in [0.717, 1.165) is 11.8 Å². The largest absolute Gasteiger partial charge is 0.382 e. The first kappa shape index (κ1) is 14.7. The fraction of sp³-hybridized carbons (Fsp3) is 0.0769. The number of nitrogens with two attached hydrogens (primary N) is 1. The summed E-state index contributed by atoms with van der Waals surface area (Å²) in [6, 6.07) is 7.30. The van der Waals surface area contributed by atoms with E-state index in [1.807, 2.05) is 6.07 Å². The van der Waals surface area contributed by atoms with Crippen LogP contribution in [0, 0.1) is 17.1 Å². The zero-order chi connectivity index (χ0) is 15.2. The third-order valence-corrected chi connectivity index (χ3v) is 3.24. The van der Waals surface area contributed by atoms with Crippen LogP contribution in [0.1, 0.15) is 5.56 Å². The molecule has 0 unspecified atom stereocenters. The third-order valence-electron chi connectivity index (χ3n) is 2.38. The highest BCUT2D eigenvalue weighted by Crippen LogP contribution is 2.16. The molecule has 0 saturated carbocycles. The van der Waals surface area contributed by atoms with E-state index >= 15 is 0 Å². The third kappa shape index (κ3) is 4.15. The van der Waals surface area contributed by atoms with Gasteiger partial charge in [-0.3, -0.25) is 4.79 Å². The number of aromatic nitrogens is 2. The summed E-state index contributed by atoms with van der Waals surface area (Å²) < 4.78 is 12.7. The van der Waals surface area contributed by atoms with E-state index in [9.17, 15) is 9.18 Å². The molecule has 0 atom stereocenters. The Labute approximate surface area is 124 Å². The average molecular weight is 303 g/mol. The zero-order valence-corrected chi connectivity index (χ0v) is 11.5. The van der Waals surface area contributed by atoms with E-state index in [-0.39, 0.29) is 28.9 Å². The SMILES string of the molecule is N#Cc1cnc(SCC(=O)Nc2ccc(F)cc2)nc1N. The molecule has 1 heterocycles. The fourth-order valence-electron chi connectivity index (χ4n) is 1.39. The Morgan fingerprint density at radius 3 is 2.76 bits per heavy atom. The molecule has 0 fully saturated rings. The van der Waals surface area contributed by atoms with Gasteiger partial charge in [-0.25, -0.2) is 14.4 Å². The number of hydrogen-bond acceptors (Lipinski definition) is 6. The normalized spacial score (nSPS) is 9.90. The molecule has 0 bridgehead atoms. The first-order valence-electron chi connectivity index (χ1n) is 5.79. The van der Waals surface area contributed by atoms with Crippen molar-refractivity contribution in [3.8, 4) is 6.07 Å². The van der Waals surface area contributed by atoms with Crippen LogP contribution in [0.4, 0.5) is 15.9 Å². The Bertz CT molecular complexity index is 699. The summed E-state index contributed by atoms with van der Waals surface area (Å²) in [4.78, 5) is 19.5. The Balaban J connectivity index is 1.91. The predicted octanol–water partition coefficient (Wildman–Crippen LogP) is 1.80. The standard InChI is InChI=1S/C13H10FN5OS/c14-9-1-3-10(4-2-9)18-11(20)7-21-13-17-6-8(5-15)12(16)19-13/h1-4,6H,7H2,(H,18,20)(H2,16,17,19). The van der Waals surface area contributed by atoms with Crippen LogP contribution in [0.25, 0.3) is 0 Å². The van der Waals surface area contributed by atoms with Crippen LogP contribution in [0.5, 0.6) is 0 Å². The van der Waals surface area contributed by atoms with Crippen molar-refractivity contribution in [1.82, 2.24) is 9.97 Å². The number of thioether (sulfide) groups is 1. The van der Waals surface area contributed by atoms with Crippen LogP contribution in [-0.4, -0.2) is 21.6 Å². The number of anilines is 2. The number of hydrogen-bond donors (Lipinski definition) is 2. The molecule has 2 rings (SSSR count). The van der Waals surface area contributed by atoms with Gasteiger partial charge in [-0.05, 0) is 24.3 Å². The van der Waals surface area contributed by atoms with Gasteiger partial charge in [0.2, 0.25) is 5.91 Å². The molecule has 8 heteroatoms. The van der Waals surface area contributed by atoms with Crippen molar-refractivity contribution in [2.75, 3.05) is 16.8 Å². The molecule has 0 spiro atoms. The fourth-order valence-corrected chi connectivity index (χ4v) is 2.02. The summed E-state index contributed by atoms with van der Waals surface area (Å²) in [6.45, 7) is 0. The average Bonchev–Trinajstić information content (AvgIpc) is 2.48. The summed E-state index contributed by atoms with van der Waals surface area (Å²) in [5.41, 5.74) is 6.24. The van der Waals surface area contributed by atoms with Crippen LogP contribution >= 0.6 is 11.8 Å². The summed E-state index contributed by atoms with van der Waals surface area (Å²) in [7, 11) is 0. The molecule has 6 nitrogen and oxygen atoms in total. The highest BCUT2D eigenvalue weighted by atomic mass is 32.2. The van der Waals surface area contributed by atoms with Gasteiger partial charge in [-0.2, -0.15) is 5.26 Å². The topological polar surface area (TPSA) is 105 Å². The van der Waals surface area contributed by atoms with E-state index in [1.54, 1.807) is 0 Å². The predicted molar refractivity (Wildman–Crippen MR) is 76.9 cm³/mol. The monoisotopic (exact) mass is 303 g/mol. The van der Waals surface area contributed by atoms with Crippen LogP contribution in [0.2, 0.25) is 0 Å². The quantitative estimate of drug-likeness (QED) is 0.659. The molecule has 0 aliphatic carbocycles. The molecule has 2 aromatic rings. The van der Waals surface area contributed by atoms with Gasteiger partial charge in [-0.1, -0.05) is 11.8 Å². The lowest BCUT2D eigenvalue weighted by Gasteiger charge is -2.05. The molecule has 1 aromatic carbocycles. The minimum absolute atomic E-state index is 0.0721. The number of amides is 1. The molecular weight excluding hydrogens is 293 g/mol. The number of carbonyl (C=O) groups is 1. The lowest BCUT2D eigenvalue weighted by molar-refractivity contribution is -0.113. The van der Waals surface area contributed by atoms with Gasteiger partial charge in [0.1, 0.15) is 23.3 Å². The molecular formula is C13H10FN5OS. The lowest BCUT2D eigenvalue weighted by Crippen LogP contribution is -2.14. The van der Waals surface area contributed by atoms with E-state index < -0.39 is 0 Å². The minimum Gasteiger partial charge on any atom is -0.382 e. The second-order valence-corrected chi connectivity index (χ2v) is 4.85. The van der Waals surface area contributed by atoms with E-state index in [1.165, 1.54) is 30.5 Å². The number of nitrogens with one attached hydrogen (secondary N) is 1. The Kier molecular flexibility index (Phi) is 4.68. The molecule has 0 saturated heterocycles. The highest BCUT2D eigenvalue weighted by Gasteiger charge is 2.08. The minimum atomic E-state index is -0.371. The maximum atomic E-state index is 12.7. The van der Waals surface area contributed by atoms with E-state index in [4.69, 9.17) is 11.0 Å². The van der Waals surface area contributed by atoms with Crippen molar-refractivity contribution in [3.63, 3.8) is 0 Å². The maximum absolute atomic E-state index is 12.7. The highest BCUT2D eigenvalue weighted by molar-refractivity contribution is 7.99. The lowest BCUT2D eigenvalue weighted by atomic mass is 10.3. The molecule has 1 amide bonds. The van der Waals surface area contributed by atoms with Gasteiger partial charge in [0.25, 0.3) is 0 Å². The Hall–Kier alpha value is -2.66. The number of nitrogen functional groups attached to an aromatic ring is 1. The smallest absolute Gasteiger partial charge is 0.234 e. The Morgan fingerprint density at radius 1 is 1.43 bits per heavy atom. The van der Waals surface area contributed by atoms with Crippen molar-refractivity contribution in [2.24, 2.45) is 0 Å². The van der Waals surface area contributed by atoms with Gasteiger partial charge < -0.3 is 11.1 Å². The second-order valence-electron chi connectivity index (χ2n) is 3.91. The van der Waals surface area contributed by atoms with Gasteiger partial charge in [0.05, 0.1) is 11.9 Å². The summed E-state index contributed by atoms with van der Waals surface area (Å²) in [5.74, 6) is -0.501. The van der Waals surface area contributed by atoms with E-state index in [0.29, 0.717) is 10.8 Å². The first-order valence-corrected chi connectivity index (χ1v) is 6.78. The van der Waals surface area contributed by atoms with Gasteiger partial charge in [-0.15, -0.1) is 0 Å². The van der Waals surface area contributed by atoms with Crippen LogP contribution < -0.4 is 11.1 Å². The molecule has 1 aromatic heterocycles. The first-order chi connectivity index (χ1) is 10.1. The molecule has 3 N–H and O–H groups in total. The number of carbonyl (C=O) groups excluding carboxylic acids is 1. The number of nitriles is 1. The number of nitrogens with zero attached hydrogens (tertiary/aromatic N) is 3. The van der Waals surface area contributed by atoms with Gasteiger partial charge in [0.15, 0.2) is 5.16 Å².